The van der Waals surface area contributed by atoms with Gasteiger partial charge in [0.15, 0.2) is 0 Å². The number of fused-ring (bicyclic) bond motifs is 3. The minimum atomic E-state index is -0.692. The highest BCUT2D eigenvalue weighted by Gasteiger charge is 2.28. The van der Waals surface area contributed by atoms with Crippen molar-refractivity contribution in [2.24, 2.45) is 11.5 Å². The molecule has 0 atom stereocenters. The SMILES string of the molecule is Cc1ccc2c(c1C)-c1sc(NC(N)=O)c(C(N)=O)c1CC2. The Bertz CT molecular complexity index is 808. The van der Waals surface area contributed by atoms with Crippen molar-refractivity contribution in [3.63, 3.8) is 0 Å². The second kappa shape index (κ2) is 5.14. The molecule has 1 aromatic carbocycles. The number of anilines is 1. The molecule has 5 N–H and O–H groups in total. The molecular formula is C16H17N3O2S. The van der Waals surface area contributed by atoms with E-state index in [9.17, 15) is 9.59 Å². The molecule has 0 radical (unpaired) electrons. The molecule has 114 valence electrons. The third-order valence-corrected chi connectivity index (χ3v) is 5.35. The summed E-state index contributed by atoms with van der Waals surface area (Å²) in [7, 11) is 0. The van der Waals surface area contributed by atoms with Crippen LogP contribution in [0.4, 0.5) is 9.80 Å². The Labute approximate surface area is 132 Å². The predicted octanol–water partition coefficient (Wildman–Crippen LogP) is 2.72. The third kappa shape index (κ3) is 2.16. The van der Waals surface area contributed by atoms with Crippen LogP contribution in [0.3, 0.4) is 0 Å². The van der Waals surface area contributed by atoms with E-state index >= 15 is 0 Å². The first kappa shape index (κ1) is 14.6. The van der Waals surface area contributed by atoms with Crippen molar-refractivity contribution >= 4 is 28.3 Å². The van der Waals surface area contributed by atoms with Crippen molar-refractivity contribution in [2.45, 2.75) is 26.7 Å². The Morgan fingerprint density at radius 3 is 2.55 bits per heavy atom. The predicted molar refractivity (Wildman–Crippen MR) is 88.4 cm³/mol. The number of rotatable bonds is 2. The maximum Gasteiger partial charge on any atom is 0.317 e. The van der Waals surface area contributed by atoms with Gasteiger partial charge in [0.25, 0.3) is 5.91 Å². The molecule has 3 rings (SSSR count). The fraction of sp³-hybridized carbons (Fsp3) is 0.250. The molecule has 5 nitrogen and oxygen atoms in total. The van der Waals surface area contributed by atoms with Gasteiger partial charge in [-0.05, 0) is 54.5 Å². The van der Waals surface area contributed by atoms with Crippen LogP contribution in [0.15, 0.2) is 12.1 Å². The molecule has 0 aliphatic heterocycles. The van der Waals surface area contributed by atoms with Gasteiger partial charge in [0, 0.05) is 4.88 Å². The zero-order valence-electron chi connectivity index (χ0n) is 12.4. The number of nitrogens with two attached hydrogens (primary N) is 2. The van der Waals surface area contributed by atoms with Gasteiger partial charge >= 0.3 is 6.03 Å². The van der Waals surface area contributed by atoms with E-state index in [1.807, 2.05) is 0 Å². The Balaban J connectivity index is 2.28. The van der Waals surface area contributed by atoms with Crippen LogP contribution in [-0.2, 0) is 12.8 Å². The van der Waals surface area contributed by atoms with Gasteiger partial charge in [0.2, 0.25) is 0 Å². The summed E-state index contributed by atoms with van der Waals surface area (Å²) in [5, 5.41) is 2.98. The Morgan fingerprint density at radius 2 is 1.91 bits per heavy atom. The minimum absolute atomic E-state index is 0.394. The van der Waals surface area contributed by atoms with E-state index in [0.717, 1.165) is 28.8 Å². The first-order valence-corrected chi connectivity index (χ1v) is 7.83. The van der Waals surface area contributed by atoms with Crippen LogP contribution in [0.2, 0.25) is 0 Å². The van der Waals surface area contributed by atoms with Gasteiger partial charge < -0.3 is 11.5 Å². The molecule has 0 saturated carbocycles. The average Bonchev–Trinajstić information content (AvgIpc) is 2.79. The summed E-state index contributed by atoms with van der Waals surface area (Å²) in [6, 6.07) is 3.55. The van der Waals surface area contributed by atoms with Crippen molar-refractivity contribution in [3.05, 3.63) is 39.9 Å². The molecule has 0 fully saturated rings. The molecule has 3 amide bonds. The highest BCUT2D eigenvalue weighted by atomic mass is 32.1. The summed E-state index contributed by atoms with van der Waals surface area (Å²) in [5.41, 5.74) is 16.9. The number of carbonyl (C=O) groups is 2. The fourth-order valence-electron chi connectivity index (χ4n) is 3.02. The van der Waals surface area contributed by atoms with Gasteiger partial charge in [-0.1, -0.05) is 12.1 Å². The first-order chi connectivity index (χ1) is 10.4. The standard InChI is InChI=1S/C16H17N3O2S/c1-7-3-4-9-5-6-10-12(14(17)20)15(19-16(18)21)22-13(10)11(9)8(7)2/h3-4H,5-6H2,1-2H3,(H2,17,20)(H3,18,19,21). The Hall–Kier alpha value is -2.34. The zero-order valence-corrected chi connectivity index (χ0v) is 13.3. The smallest absolute Gasteiger partial charge is 0.317 e. The Kier molecular flexibility index (Phi) is 3.41. The number of aryl methyl sites for hydroxylation is 2. The van der Waals surface area contributed by atoms with E-state index < -0.39 is 11.9 Å². The van der Waals surface area contributed by atoms with E-state index in [0.29, 0.717) is 10.6 Å². The van der Waals surface area contributed by atoms with Gasteiger partial charge in [-0.2, -0.15) is 0 Å². The summed E-state index contributed by atoms with van der Waals surface area (Å²) < 4.78 is 0. The molecule has 0 bridgehead atoms. The van der Waals surface area contributed by atoms with Crippen LogP contribution in [0, 0.1) is 13.8 Å². The second-order valence-corrected chi connectivity index (χ2v) is 6.53. The van der Waals surface area contributed by atoms with Gasteiger partial charge in [0.05, 0.1) is 5.56 Å². The molecular weight excluding hydrogens is 298 g/mol. The van der Waals surface area contributed by atoms with Crippen molar-refractivity contribution < 1.29 is 9.59 Å². The molecule has 1 aliphatic carbocycles. The van der Waals surface area contributed by atoms with Crippen molar-refractivity contribution in [2.75, 3.05) is 5.32 Å². The van der Waals surface area contributed by atoms with Gasteiger partial charge in [-0.15, -0.1) is 11.3 Å². The lowest BCUT2D eigenvalue weighted by atomic mass is 9.85. The number of hydrogen-bond acceptors (Lipinski definition) is 3. The summed E-state index contributed by atoms with van der Waals surface area (Å²) in [5.74, 6) is -0.532. The third-order valence-electron chi connectivity index (χ3n) is 4.18. The molecule has 0 spiro atoms. The Morgan fingerprint density at radius 1 is 1.18 bits per heavy atom. The first-order valence-electron chi connectivity index (χ1n) is 7.01. The molecule has 0 saturated heterocycles. The molecule has 1 aliphatic rings. The minimum Gasteiger partial charge on any atom is -0.365 e. The number of primary amides is 2. The molecule has 22 heavy (non-hydrogen) atoms. The number of nitrogens with one attached hydrogen (secondary N) is 1. The number of amides is 3. The van der Waals surface area contributed by atoms with Gasteiger partial charge in [0.1, 0.15) is 5.00 Å². The highest BCUT2D eigenvalue weighted by Crippen LogP contribution is 2.46. The lowest BCUT2D eigenvalue weighted by Crippen LogP contribution is -2.22. The number of carbonyl (C=O) groups excluding carboxylic acids is 2. The summed E-state index contributed by atoms with van der Waals surface area (Å²) in [6.45, 7) is 4.14. The lowest BCUT2D eigenvalue weighted by Gasteiger charge is -2.20. The molecule has 6 heteroatoms. The van der Waals surface area contributed by atoms with E-state index in [2.05, 4.69) is 31.3 Å². The van der Waals surface area contributed by atoms with Crippen molar-refractivity contribution in [3.8, 4) is 10.4 Å². The highest BCUT2D eigenvalue weighted by molar-refractivity contribution is 7.20. The quantitative estimate of drug-likeness (QED) is 0.794. The number of urea groups is 1. The monoisotopic (exact) mass is 315 g/mol. The molecule has 1 aromatic heterocycles. The number of benzene rings is 1. The summed E-state index contributed by atoms with van der Waals surface area (Å²) in [6.07, 6.45) is 1.59. The zero-order chi connectivity index (χ0) is 16.0. The van der Waals surface area contributed by atoms with Crippen molar-refractivity contribution in [1.29, 1.82) is 0 Å². The molecule has 2 aromatic rings. The second-order valence-electron chi connectivity index (χ2n) is 5.51. The van der Waals surface area contributed by atoms with Crippen LogP contribution >= 0.6 is 11.3 Å². The van der Waals surface area contributed by atoms with E-state index in [-0.39, 0.29) is 0 Å². The average molecular weight is 315 g/mol. The number of hydrogen-bond donors (Lipinski definition) is 3. The topological polar surface area (TPSA) is 98.2 Å². The van der Waals surface area contributed by atoms with Crippen LogP contribution in [0.1, 0.15) is 32.6 Å². The molecule has 1 heterocycles. The fourth-order valence-corrected chi connectivity index (χ4v) is 4.42. The normalized spacial score (nSPS) is 12.5. The van der Waals surface area contributed by atoms with E-state index in [4.69, 9.17) is 11.5 Å². The maximum atomic E-state index is 11.8. The number of thiophene rings is 1. The van der Waals surface area contributed by atoms with E-state index in [1.54, 1.807) is 0 Å². The largest absolute Gasteiger partial charge is 0.365 e. The van der Waals surface area contributed by atoms with Crippen LogP contribution in [-0.4, -0.2) is 11.9 Å². The summed E-state index contributed by atoms with van der Waals surface area (Å²) in [4.78, 5) is 24.0. The summed E-state index contributed by atoms with van der Waals surface area (Å²) >= 11 is 1.37. The van der Waals surface area contributed by atoms with E-state index in [1.165, 1.54) is 28.0 Å². The maximum absolute atomic E-state index is 11.8. The van der Waals surface area contributed by atoms with Crippen LogP contribution in [0.25, 0.3) is 10.4 Å². The molecule has 0 unspecified atom stereocenters. The van der Waals surface area contributed by atoms with Gasteiger partial charge in [-0.25, -0.2) is 4.79 Å². The lowest BCUT2D eigenvalue weighted by molar-refractivity contribution is 0.100. The van der Waals surface area contributed by atoms with Crippen LogP contribution in [0.5, 0.6) is 0 Å². The van der Waals surface area contributed by atoms with Gasteiger partial charge in [-0.3, -0.25) is 10.1 Å². The van der Waals surface area contributed by atoms with Crippen molar-refractivity contribution in [1.82, 2.24) is 0 Å². The van der Waals surface area contributed by atoms with Crippen LogP contribution < -0.4 is 16.8 Å².